The molecule has 2 heterocycles. The lowest BCUT2D eigenvalue weighted by Crippen LogP contribution is -2.43. The van der Waals surface area contributed by atoms with Crippen molar-refractivity contribution in [2.24, 2.45) is 5.92 Å². The van der Waals surface area contributed by atoms with Crippen LogP contribution in [0.5, 0.6) is 0 Å². The van der Waals surface area contributed by atoms with Gasteiger partial charge in [0, 0.05) is 6.04 Å². The number of rotatable bonds is 5. The van der Waals surface area contributed by atoms with Crippen LogP contribution in [0.2, 0.25) is 0 Å². The summed E-state index contributed by atoms with van der Waals surface area (Å²) in [7, 11) is 2.33. The molecule has 1 atom stereocenters. The smallest absolute Gasteiger partial charge is 0.0117 e. The van der Waals surface area contributed by atoms with E-state index in [2.05, 4.69) is 29.1 Å². The van der Waals surface area contributed by atoms with E-state index in [0.29, 0.717) is 0 Å². The van der Waals surface area contributed by atoms with Gasteiger partial charge < -0.3 is 15.1 Å². The second kappa shape index (κ2) is 8.36. The van der Waals surface area contributed by atoms with Gasteiger partial charge in [-0.3, -0.25) is 0 Å². The minimum Gasteiger partial charge on any atom is -0.316 e. The Labute approximate surface area is 119 Å². The second-order valence-electron chi connectivity index (χ2n) is 5.79. The average Bonchev–Trinajstić information content (AvgIpc) is 2.89. The molecule has 3 nitrogen and oxygen atoms in total. The zero-order valence-electron chi connectivity index (χ0n) is 12.0. The van der Waals surface area contributed by atoms with Crippen molar-refractivity contribution >= 4 is 12.4 Å². The van der Waals surface area contributed by atoms with Gasteiger partial charge in [0.2, 0.25) is 0 Å². The largest absolute Gasteiger partial charge is 0.316 e. The van der Waals surface area contributed by atoms with Crippen molar-refractivity contribution in [1.82, 2.24) is 15.1 Å². The highest BCUT2D eigenvalue weighted by Crippen LogP contribution is 2.18. The van der Waals surface area contributed by atoms with Crippen LogP contribution in [-0.4, -0.2) is 62.2 Å². The molecule has 2 aliphatic heterocycles. The van der Waals surface area contributed by atoms with E-state index in [-0.39, 0.29) is 12.4 Å². The van der Waals surface area contributed by atoms with Crippen LogP contribution in [0.1, 0.15) is 32.6 Å². The van der Waals surface area contributed by atoms with Crippen LogP contribution < -0.4 is 5.32 Å². The molecule has 1 unspecified atom stereocenters. The Hall–Kier alpha value is 0.170. The Kier molecular flexibility index (Phi) is 7.54. The molecule has 18 heavy (non-hydrogen) atoms. The van der Waals surface area contributed by atoms with Gasteiger partial charge in [-0.2, -0.15) is 0 Å². The van der Waals surface area contributed by atoms with Crippen molar-refractivity contribution in [2.45, 2.75) is 38.6 Å². The lowest BCUT2D eigenvalue weighted by molar-refractivity contribution is 0.127. The highest BCUT2D eigenvalue weighted by atomic mass is 35.5. The maximum atomic E-state index is 3.46. The van der Waals surface area contributed by atoms with Crippen LogP contribution in [0.15, 0.2) is 0 Å². The van der Waals surface area contributed by atoms with E-state index >= 15 is 0 Å². The Morgan fingerprint density at radius 1 is 1.22 bits per heavy atom. The van der Waals surface area contributed by atoms with Gasteiger partial charge in [0.05, 0.1) is 0 Å². The summed E-state index contributed by atoms with van der Waals surface area (Å²) in [6.45, 7) is 9.89. The molecular formula is C14H30ClN3. The first kappa shape index (κ1) is 16.2. The summed E-state index contributed by atoms with van der Waals surface area (Å²) in [4.78, 5) is 5.19. The molecule has 2 fully saturated rings. The Morgan fingerprint density at radius 2 is 1.94 bits per heavy atom. The average molecular weight is 276 g/mol. The monoisotopic (exact) mass is 275 g/mol. The molecule has 2 saturated heterocycles. The fraction of sp³-hybridized carbons (Fsp3) is 1.00. The van der Waals surface area contributed by atoms with Gasteiger partial charge in [-0.05, 0) is 77.9 Å². The number of nitrogens with zero attached hydrogens (tertiary/aromatic N) is 2. The lowest BCUT2D eigenvalue weighted by atomic mass is 10.0. The first-order chi connectivity index (χ1) is 8.29. The summed E-state index contributed by atoms with van der Waals surface area (Å²) in [6, 6.07) is 0.840. The van der Waals surface area contributed by atoms with Crippen LogP contribution >= 0.6 is 12.4 Å². The quantitative estimate of drug-likeness (QED) is 0.826. The van der Waals surface area contributed by atoms with Crippen molar-refractivity contribution in [3.8, 4) is 0 Å². The van der Waals surface area contributed by atoms with Gasteiger partial charge in [0.1, 0.15) is 0 Å². The Bertz CT molecular complexity index is 211. The van der Waals surface area contributed by atoms with Gasteiger partial charge in [0.15, 0.2) is 0 Å². The predicted molar refractivity (Wildman–Crippen MR) is 80.6 cm³/mol. The molecule has 0 spiro atoms. The van der Waals surface area contributed by atoms with E-state index in [1.54, 1.807) is 0 Å². The molecule has 4 heteroatoms. The van der Waals surface area contributed by atoms with Crippen molar-refractivity contribution in [3.63, 3.8) is 0 Å². The minimum atomic E-state index is 0. The first-order valence-electron chi connectivity index (χ1n) is 7.43. The maximum absolute atomic E-state index is 3.46. The third-order valence-electron chi connectivity index (χ3n) is 4.68. The number of piperidine rings is 1. The summed E-state index contributed by atoms with van der Waals surface area (Å²) >= 11 is 0. The fourth-order valence-electron chi connectivity index (χ4n) is 3.21. The molecule has 0 bridgehead atoms. The Balaban J connectivity index is 0.00000162. The van der Waals surface area contributed by atoms with Gasteiger partial charge in [0.25, 0.3) is 0 Å². The summed E-state index contributed by atoms with van der Waals surface area (Å²) in [5, 5.41) is 3.46. The molecule has 0 aromatic rings. The summed E-state index contributed by atoms with van der Waals surface area (Å²) < 4.78 is 0. The molecule has 0 aromatic carbocycles. The van der Waals surface area contributed by atoms with Gasteiger partial charge >= 0.3 is 0 Å². The summed E-state index contributed by atoms with van der Waals surface area (Å²) in [6.07, 6.45) is 5.51. The Morgan fingerprint density at radius 3 is 2.50 bits per heavy atom. The molecule has 0 saturated carbocycles. The van der Waals surface area contributed by atoms with Crippen LogP contribution in [0.3, 0.4) is 0 Å². The topological polar surface area (TPSA) is 18.5 Å². The van der Waals surface area contributed by atoms with E-state index in [1.165, 1.54) is 65.0 Å². The zero-order chi connectivity index (χ0) is 12.1. The maximum Gasteiger partial charge on any atom is 0.0117 e. The zero-order valence-corrected chi connectivity index (χ0v) is 12.8. The number of hydrogen-bond donors (Lipinski definition) is 1. The van der Waals surface area contributed by atoms with E-state index in [0.717, 1.165) is 12.0 Å². The van der Waals surface area contributed by atoms with Crippen LogP contribution in [-0.2, 0) is 0 Å². The van der Waals surface area contributed by atoms with Gasteiger partial charge in [-0.1, -0.05) is 6.92 Å². The van der Waals surface area contributed by atoms with Crippen molar-refractivity contribution in [3.05, 3.63) is 0 Å². The molecule has 0 radical (unpaired) electrons. The van der Waals surface area contributed by atoms with Crippen molar-refractivity contribution in [2.75, 3.05) is 46.3 Å². The molecule has 108 valence electrons. The molecule has 1 N–H and O–H groups in total. The van der Waals surface area contributed by atoms with Crippen LogP contribution in [0.4, 0.5) is 0 Å². The van der Waals surface area contributed by atoms with Crippen molar-refractivity contribution < 1.29 is 0 Å². The van der Waals surface area contributed by atoms with E-state index in [4.69, 9.17) is 0 Å². The third-order valence-corrected chi connectivity index (χ3v) is 4.68. The second-order valence-corrected chi connectivity index (χ2v) is 5.79. The third kappa shape index (κ3) is 4.69. The highest BCUT2D eigenvalue weighted by molar-refractivity contribution is 5.85. The summed E-state index contributed by atoms with van der Waals surface area (Å²) in [5.74, 6) is 0.938. The highest BCUT2D eigenvalue weighted by Gasteiger charge is 2.22. The number of likely N-dealkylation sites (tertiary alicyclic amines) is 1. The van der Waals surface area contributed by atoms with Crippen LogP contribution in [0.25, 0.3) is 0 Å². The standard InChI is InChI=1S/C14H29N3.ClH/c1-3-17-10-6-14(7-11-17)16(2)9-5-13-4-8-15-12-13;/h13-15H,3-12H2,1-2H3;1H. The van der Waals surface area contributed by atoms with Gasteiger partial charge in [-0.25, -0.2) is 0 Å². The van der Waals surface area contributed by atoms with Gasteiger partial charge in [-0.15, -0.1) is 12.4 Å². The van der Waals surface area contributed by atoms with E-state index < -0.39 is 0 Å². The SMILES string of the molecule is CCN1CCC(N(C)CCC2CCNC2)CC1.Cl. The molecule has 2 aliphatic rings. The first-order valence-corrected chi connectivity index (χ1v) is 7.43. The molecule has 0 aromatic heterocycles. The molecular weight excluding hydrogens is 246 g/mol. The lowest BCUT2D eigenvalue weighted by Gasteiger charge is -2.36. The summed E-state index contributed by atoms with van der Waals surface area (Å²) in [5.41, 5.74) is 0. The number of halogens is 1. The number of hydrogen-bond acceptors (Lipinski definition) is 3. The molecule has 0 amide bonds. The minimum absolute atomic E-state index is 0. The molecule has 0 aliphatic carbocycles. The van der Waals surface area contributed by atoms with Crippen molar-refractivity contribution in [1.29, 1.82) is 0 Å². The van der Waals surface area contributed by atoms with Crippen LogP contribution in [0, 0.1) is 5.92 Å². The predicted octanol–water partition coefficient (Wildman–Crippen LogP) is 1.82. The normalized spacial score (nSPS) is 26.5. The fourth-order valence-corrected chi connectivity index (χ4v) is 3.21. The van der Waals surface area contributed by atoms with E-state index in [1.807, 2.05) is 0 Å². The number of nitrogens with one attached hydrogen (secondary N) is 1. The molecule has 2 rings (SSSR count). The van der Waals surface area contributed by atoms with E-state index in [9.17, 15) is 0 Å².